The number of nitrogens with zero attached hydrogens (tertiary/aromatic N) is 1. The van der Waals surface area contributed by atoms with Gasteiger partial charge in [0.15, 0.2) is 0 Å². The Labute approximate surface area is 68.3 Å². The van der Waals surface area contributed by atoms with Gasteiger partial charge < -0.3 is 5.11 Å². The Hall–Kier alpha value is -1.64. The summed E-state index contributed by atoms with van der Waals surface area (Å²) < 4.78 is 12.7. The van der Waals surface area contributed by atoms with Gasteiger partial charge in [-0.2, -0.15) is 0 Å². The van der Waals surface area contributed by atoms with Gasteiger partial charge in [-0.15, -0.1) is 0 Å². The van der Waals surface area contributed by atoms with E-state index < -0.39 is 5.82 Å². The smallest absolute Gasteiger partial charge is 0.129 e. The molecular formula is C9H6FNO. The van der Waals surface area contributed by atoms with E-state index in [2.05, 4.69) is 4.98 Å². The molecule has 0 amide bonds. The third-order valence-electron chi connectivity index (χ3n) is 1.66. The molecule has 2 aromatic rings. The van der Waals surface area contributed by atoms with E-state index >= 15 is 0 Å². The molecule has 1 N–H and O–H groups in total. The second-order valence-electron chi connectivity index (χ2n) is 2.50. The zero-order valence-corrected chi connectivity index (χ0v) is 6.16. The molecule has 3 heteroatoms. The van der Waals surface area contributed by atoms with Crippen LogP contribution in [0.5, 0.6) is 5.75 Å². The maximum absolute atomic E-state index is 12.7. The van der Waals surface area contributed by atoms with Gasteiger partial charge in [-0.25, -0.2) is 4.39 Å². The second kappa shape index (κ2) is 2.44. The number of aromatic nitrogens is 1. The quantitative estimate of drug-likeness (QED) is 0.645. The van der Waals surface area contributed by atoms with E-state index in [1.165, 1.54) is 6.07 Å². The van der Waals surface area contributed by atoms with Crippen molar-refractivity contribution in [1.82, 2.24) is 4.98 Å². The maximum atomic E-state index is 12.7. The fourth-order valence-corrected chi connectivity index (χ4v) is 1.13. The summed E-state index contributed by atoms with van der Waals surface area (Å²) in [5.74, 6) is -0.545. The van der Waals surface area contributed by atoms with Crippen LogP contribution in [0, 0.1) is 5.82 Å². The molecule has 0 aliphatic heterocycles. The van der Waals surface area contributed by atoms with Crippen molar-refractivity contribution in [2.45, 2.75) is 0 Å². The van der Waals surface area contributed by atoms with E-state index in [9.17, 15) is 9.50 Å². The molecule has 0 aliphatic rings. The van der Waals surface area contributed by atoms with Gasteiger partial charge in [0.25, 0.3) is 0 Å². The van der Waals surface area contributed by atoms with Crippen molar-refractivity contribution in [3.05, 3.63) is 36.3 Å². The molecule has 60 valence electrons. The molecule has 2 nitrogen and oxygen atoms in total. The summed E-state index contributed by atoms with van der Waals surface area (Å²) in [6.07, 6.45) is 1.56. The monoisotopic (exact) mass is 163 g/mol. The summed E-state index contributed by atoms with van der Waals surface area (Å²) in [6, 6.07) is 5.75. The minimum Gasteiger partial charge on any atom is -0.507 e. The normalized spacial score (nSPS) is 10.4. The number of hydrogen-bond acceptors (Lipinski definition) is 2. The largest absolute Gasteiger partial charge is 0.507 e. The molecular weight excluding hydrogens is 157 g/mol. The molecule has 12 heavy (non-hydrogen) atoms. The summed E-state index contributed by atoms with van der Waals surface area (Å²) in [4.78, 5) is 3.90. The van der Waals surface area contributed by atoms with Crippen LogP contribution in [0.1, 0.15) is 0 Å². The van der Waals surface area contributed by atoms with Crippen LogP contribution < -0.4 is 0 Å². The lowest BCUT2D eigenvalue weighted by Gasteiger charge is -1.98. The molecule has 0 unspecified atom stereocenters. The van der Waals surface area contributed by atoms with Crippen LogP contribution >= 0.6 is 0 Å². The molecule has 0 bridgehead atoms. The van der Waals surface area contributed by atoms with Gasteiger partial charge >= 0.3 is 0 Å². The number of rotatable bonds is 0. The van der Waals surface area contributed by atoms with Crippen molar-refractivity contribution < 1.29 is 9.50 Å². The van der Waals surface area contributed by atoms with Crippen molar-refractivity contribution in [3.63, 3.8) is 0 Å². The number of phenols is 1. The Morgan fingerprint density at radius 3 is 3.00 bits per heavy atom. The molecule has 0 radical (unpaired) electrons. The lowest BCUT2D eigenvalue weighted by atomic mass is 10.2. The van der Waals surface area contributed by atoms with E-state index in [0.717, 1.165) is 6.07 Å². The average Bonchev–Trinajstić information content (AvgIpc) is 2.04. The first-order valence-corrected chi connectivity index (χ1v) is 3.50. The van der Waals surface area contributed by atoms with E-state index in [1.807, 2.05) is 0 Å². The van der Waals surface area contributed by atoms with E-state index in [0.29, 0.717) is 10.9 Å². The number of fused-ring (bicyclic) bond motifs is 1. The Balaban J connectivity index is 2.89. The number of hydrogen-bond donors (Lipinski definition) is 1. The highest BCUT2D eigenvalue weighted by Crippen LogP contribution is 2.23. The van der Waals surface area contributed by atoms with Gasteiger partial charge in [-0.05, 0) is 12.1 Å². The predicted octanol–water partition coefficient (Wildman–Crippen LogP) is 2.08. The molecule has 0 spiro atoms. The first-order valence-electron chi connectivity index (χ1n) is 3.50. The third kappa shape index (κ3) is 0.993. The fourth-order valence-electron chi connectivity index (χ4n) is 1.13. The van der Waals surface area contributed by atoms with Crippen LogP contribution in [0.2, 0.25) is 0 Å². The highest BCUT2D eigenvalue weighted by molar-refractivity contribution is 5.84. The van der Waals surface area contributed by atoms with Crippen LogP contribution in [-0.2, 0) is 0 Å². The zero-order chi connectivity index (χ0) is 8.55. The summed E-state index contributed by atoms with van der Waals surface area (Å²) in [5.41, 5.74) is 0.468. The molecule has 0 fully saturated rings. The molecule has 2 rings (SSSR count). The lowest BCUT2D eigenvalue weighted by molar-refractivity contribution is 0.475. The summed E-state index contributed by atoms with van der Waals surface area (Å²) in [5, 5.41) is 9.84. The summed E-state index contributed by atoms with van der Waals surface area (Å²) in [7, 11) is 0. The van der Waals surface area contributed by atoms with Crippen molar-refractivity contribution in [2.75, 3.05) is 0 Å². The highest BCUT2D eigenvalue weighted by Gasteiger charge is 2.01. The van der Waals surface area contributed by atoms with Gasteiger partial charge in [0.1, 0.15) is 11.6 Å². The van der Waals surface area contributed by atoms with Crippen LogP contribution in [0.3, 0.4) is 0 Å². The Bertz CT molecular complexity index is 428. The number of phenolic OH excluding ortho intramolecular Hbond substituents is 1. The van der Waals surface area contributed by atoms with Gasteiger partial charge in [0.05, 0.1) is 5.52 Å². The van der Waals surface area contributed by atoms with Crippen LogP contribution in [0.25, 0.3) is 10.9 Å². The Morgan fingerprint density at radius 2 is 2.17 bits per heavy atom. The second-order valence-corrected chi connectivity index (χ2v) is 2.50. The number of halogens is 1. The first-order chi connectivity index (χ1) is 5.77. The standard InChI is InChI=1S/C9H6FNO/c10-6-4-8-7(9(12)5-6)2-1-3-11-8/h1-5,12H. The number of aromatic hydroxyl groups is 1. The van der Waals surface area contributed by atoms with Crippen molar-refractivity contribution >= 4 is 10.9 Å². The van der Waals surface area contributed by atoms with E-state index in [4.69, 9.17) is 0 Å². The lowest BCUT2D eigenvalue weighted by Crippen LogP contribution is -1.80. The number of pyridine rings is 1. The molecule has 0 saturated heterocycles. The molecule has 0 aliphatic carbocycles. The summed E-state index contributed by atoms with van der Waals surface area (Å²) in [6.45, 7) is 0. The number of benzene rings is 1. The molecule has 0 atom stereocenters. The summed E-state index contributed by atoms with van der Waals surface area (Å²) >= 11 is 0. The van der Waals surface area contributed by atoms with Gasteiger partial charge in [0, 0.05) is 23.7 Å². The average molecular weight is 163 g/mol. The van der Waals surface area contributed by atoms with Crippen molar-refractivity contribution in [3.8, 4) is 5.75 Å². The van der Waals surface area contributed by atoms with Gasteiger partial charge in [-0.1, -0.05) is 0 Å². The van der Waals surface area contributed by atoms with Crippen LogP contribution in [0.4, 0.5) is 4.39 Å². The highest BCUT2D eigenvalue weighted by atomic mass is 19.1. The van der Waals surface area contributed by atoms with Crippen LogP contribution in [-0.4, -0.2) is 10.1 Å². The third-order valence-corrected chi connectivity index (χ3v) is 1.66. The first kappa shape index (κ1) is 7.03. The minimum absolute atomic E-state index is 0.0712. The fraction of sp³-hybridized carbons (Fsp3) is 0. The van der Waals surface area contributed by atoms with E-state index in [1.54, 1.807) is 18.3 Å². The van der Waals surface area contributed by atoms with E-state index in [-0.39, 0.29) is 5.75 Å². The minimum atomic E-state index is -0.473. The Morgan fingerprint density at radius 1 is 1.33 bits per heavy atom. The van der Waals surface area contributed by atoms with Gasteiger partial charge in [0.2, 0.25) is 0 Å². The van der Waals surface area contributed by atoms with Crippen molar-refractivity contribution in [1.29, 1.82) is 0 Å². The van der Waals surface area contributed by atoms with Crippen molar-refractivity contribution in [2.24, 2.45) is 0 Å². The predicted molar refractivity (Wildman–Crippen MR) is 43.4 cm³/mol. The zero-order valence-electron chi connectivity index (χ0n) is 6.16. The topological polar surface area (TPSA) is 33.1 Å². The SMILES string of the molecule is Oc1cc(F)cc2ncccc12. The molecule has 1 aromatic carbocycles. The molecule has 0 saturated carbocycles. The van der Waals surface area contributed by atoms with Crippen LogP contribution in [0.15, 0.2) is 30.5 Å². The molecule has 1 heterocycles. The Kier molecular flexibility index (Phi) is 1.43. The molecule has 1 aromatic heterocycles. The maximum Gasteiger partial charge on any atom is 0.129 e. The van der Waals surface area contributed by atoms with Gasteiger partial charge in [-0.3, -0.25) is 4.98 Å².